The monoisotopic (exact) mass is 424 g/mol. The number of aryl methyl sites for hydroxylation is 1. The Morgan fingerprint density at radius 2 is 1.71 bits per heavy atom. The summed E-state index contributed by atoms with van der Waals surface area (Å²) >= 11 is 0. The van der Waals surface area contributed by atoms with Gasteiger partial charge in [-0.3, -0.25) is 4.79 Å². The molecule has 0 unspecified atom stereocenters. The van der Waals surface area contributed by atoms with Crippen LogP contribution >= 0.6 is 0 Å². The summed E-state index contributed by atoms with van der Waals surface area (Å²) in [5, 5.41) is 15.6. The van der Waals surface area contributed by atoms with Crippen LogP contribution in [0.15, 0.2) is 43.1 Å². The van der Waals surface area contributed by atoms with Gasteiger partial charge < -0.3 is 15.7 Å². The van der Waals surface area contributed by atoms with Gasteiger partial charge in [0.15, 0.2) is 5.78 Å². The number of rotatable bonds is 11. The first kappa shape index (κ1) is 26.5. The second-order valence-corrected chi connectivity index (χ2v) is 9.77. The highest BCUT2D eigenvalue weighted by Crippen LogP contribution is 2.25. The summed E-state index contributed by atoms with van der Waals surface area (Å²) < 4.78 is 0. The van der Waals surface area contributed by atoms with Gasteiger partial charge in [0, 0.05) is 24.2 Å². The van der Waals surface area contributed by atoms with E-state index >= 15 is 0 Å². The molecule has 0 saturated heterocycles. The molecule has 1 aromatic rings. The van der Waals surface area contributed by atoms with Crippen LogP contribution in [0.2, 0.25) is 0 Å². The summed E-state index contributed by atoms with van der Waals surface area (Å²) in [7, 11) is 0. The first-order chi connectivity index (χ1) is 14.4. The molecule has 0 aromatic heterocycles. The van der Waals surface area contributed by atoms with Crippen LogP contribution in [0.5, 0.6) is 0 Å². The van der Waals surface area contributed by atoms with Crippen LogP contribution in [-0.4, -0.2) is 29.1 Å². The highest BCUT2D eigenvalue weighted by Gasteiger charge is 2.35. The largest absolute Gasteiger partial charge is 0.384 e. The summed E-state index contributed by atoms with van der Waals surface area (Å²) in [5.41, 5.74) is 3.35. The van der Waals surface area contributed by atoms with Crippen molar-refractivity contribution in [2.45, 2.75) is 78.8 Å². The van der Waals surface area contributed by atoms with Crippen molar-refractivity contribution in [3.8, 4) is 11.8 Å². The van der Waals surface area contributed by atoms with E-state index in [0.717, 1.165) is 29.8 Å². The highest BCUT2D eigenvalue weighted by atomic mass is 16.2. The maximum Gasteiger partial charge on any atom is 0.157 e. The Kier molecular flexibility index (Phi) is 10.1. The lowest BCUT2D eigenvalue weighted by Gasteiger charge is -2.38. The molecule has 3 N–H and O–H groups in total. The number of allylic oxidation sites excluding steroid dienone is 1. The minimum absolute atomic E-state index is 0.100. The summed E-state index contributed by atoms with van der Waals surface area (Å²) in [6.45, 7) is 20.7. The van der Waals surface area contributed by atoms with Gasteiger partial charge in [0.25, 0.3) is 0 Å². The molecular weight excluding hydrogens is 384 g/mol. The first-order valence-electron chi connectivity index (χ1n) is 11.0. The Hall–Kier alpha value is -2.51. The normalized spacial score (nSPS) is 12.4. The predicted octanol–water partition coefficient (Wildman–Crippen LogP) is 4.84. The molecule has 4 nitrogen and oxygen atoms in total. The van der Waals surface area contributed by atoms with Gasteiger partial charge in [-0.05, 0) is 43.2 Å². The average molecular weight is 425 g/mol. The Morgan fingerprint density at radius 1 is 1.10 bits per heavy atom. The molecule has 1 aromatic carbocycles. The zero-order valence-electron chi connectivity index (χ0n) is 20.2. The van der Waals surface area contributed by atoms with Crippen molar-refractivity contribution >= 4 is 11.5 Å². The molecular formula is C27H40N2O2. The minimum Gasteiger partial charge on any atom is -0.384 e. The van der Waals surface area contributed by atoms with Crippen molar-refractivity contribution in [3.05, 3.63) is 54.2 Å². The lowest BCUT2D eigenvalue weighted by atomic mass is 9.86. The predicted molar refractivity (Wildman–Crippen MR) is 131 cm³/mol. The molecule has 31 heavy (non-hydrogen) atoms. The second-order valence-electron chi connectivity index (χ2n) is 9.77. The van der Waals surface area contributed by atoms with Crippen LogP contribution in [0.25, 0.3) is 5.70 Å². The van der Waals surface area contributed by atoms with E-state index in [1.54, 1.807) is 0 Å². The van der Waals surface area contributed by atoms with E-state index in [1.807, 2.05) is 45.0 Å². The fourth-order valence-electron chi connectivity index (χ4n) is 3.56. The number of aliphatic hydroxyl groups excluding tert-OH is 1. The highest BCUT2D eigenvalue weighted by molar-refractivity contribution is 5.87. The molecule has 0 saturated carbocycles. The molecule has 0 heterocycles. The topological polar surface area (TPSA) is 61.4 Å². The van der Waals surface area contributed by atoms with Gasteiger partial charge in [-0.25, -0.2) is 0 Å². The molecule has 0 aliphatic rings. The molecule has 0 spiro atoms. The van der Waals surface area contributed by atoms with Gasteiger partial charge in [-0.2, -0.15) is 0 Å². The third-order valence-corrected chi connectivity index (χ3v) is 5.00. The number of carbonyl (C=O) groups excluding carboxylic acids is 1. The third-order valence-electron chi connectivity index (χ3n) is 5.00. The maximum absolute atomic E-state index is 12.8. The van der Waals surface area contributed by atoms with E-state index in [0.29, 0.717) is 12.8 Å². The van der Waals surface area contributed by atoms with Crippen molar-refractivity contribution in [1.29, 1.82) is 0 Å². The third kappa shape index (κ3) is 9.44. The molecule has 170 valence electrons. The Bertz CT molecular complexity index is 818. The van der Waals surface area contributed by atoms with Gasteiger partial charge in [0.2, 0.25) is 0 Å². The summed E-state index contributed by atoms with van der Waals surface area (Å²) in [4.78, 5) is 12.8. The van der Waals surface area contributed by atoms with Gasteiger partial charge in [-0.15, -0.1) is 5.92 Å². The lowest BCUT2D eigenvalue weighted by Crippen LogP contribution is -2.58. The fourth-order valence-corrected chi connectivity index (χ4v) is 3.56. The van der Waals surface area contributed by atoms with Crippen molar-refractivity contribution in [2.24, 2.45) is 5.41 Å². The number of nitrogens with one attached hydrogen (secondary N) is 2. The van der Waals surface area contributed by atoms with Gasteiger partial charge in [0.1, 0.15) is 12.6 Å². The Balaban J connectivity index is 2.90. The van der Waals surface area contributed by atoms with Crippen LogP contribution in [0.3, 0.4) is 0 Å². The molecule has 0 aliphatic carbocycles. The standard InChI is InChI=1S/C27H40N2O2/c1-9-24(31)25(27(7,8)29-20(2)19-26(4,5)6)28-21(3)23-16-14-22(15-17-23)13-11-10-12-18-30/h14-17,25,28-30H,2-3,9,11,13,18-19H2,1,4-8H3/t25-/m1/s1. The second kappa shape index (κ2) is 11.8. The average Bonchev–Trinajstić information content (AvgIpc) is 2.67. The zero-order chi connectivity index (χ0) is 23.7. The summed E-state index contributed by atoms with van der Waals surface area (Å²) in [5.74, 6) is 5.72. The van der Waals surface area contributed by atoms with Crippen LogP contribution < -0.4 is 10.6 Å². The van der Waals surface area contributed by atoms with E-state index in [9.17, 15) is 4.79 Å². The number of hydrogen-bond donors (Lipinski definition) is 3. The smallest absolute Gasteiger partial charge is 0.157 e. The number of Topliss-reactive ketones (excluding diaryl/α,β-unsaturated/α-hetero) is 1. The van der Waals surface area contributed by atoms with Crippen molar-refractivity contribution < 1.29 is 9.90 Å². The Morgan fingerprint density at radius 3 is 2.23 bits per heavy atom. The number of benzene rings is 1. The van der Waals surface area contributed by atoms with Crippen LogP contribution in [0.4, 0.5) is 0 Å². The van der Waals surface area contributed by atoms with E-state index in [1.165, 1.54) is 5.56 Å². The molecule has 0 amide bonds. The Labute approximate surface area is 189 Å². The van der Waals surface area contributed by atoms with E-state index in [-0.39, 0.29) is 17.8 Å². The first-order valence-corrected chi connectivity index (χ1v) is 11.0. The number of aliphatic hydroxyl groups is 1. The van der Waals surface area contributed by atoms with Crippen molar-refractivity contribution in [3.63, 3.8) is 0 Å². The number of hydrogen-bond acceptors (Lipinski definition) is 4. The van der Waals surface area contributed by atoms with E-state index < -0.39 is 11.6 Å². The lowest BCUT2D eigenvalue weighted by molar-refractivity contribution is -0.122. The molecule has 4 heteroatoms. The molecule has 0 bridgehead atoms. The number of carbonyl (C=O) groups is 1. The molecule has 0 aliphatic heterocycles. The van der Waals surface area contributed by atoms with Gasteiger partial charge in [-0.1, -0.05) is 71.0 Å². The van der Waals surface area contributed by atoms with Gasteiger partial charge >= 0.3 is 0 Å². The fraction of sp³-hybridized carbons (Fsp3) is 0.519. The van der Waals surface area contributed by atoms with Crippen LogP contribution in [0.1, 0.15) is 71.9 Å². The maximum atomic E-state index is 12.8. The molecule has 1 rings (SSSR count). The van der Waals surface area contributed by atoms with E-state index in [4.69, 9.17) is 5.11 Å². The van der Waals surface area contributed by atoms with Crippen molar-refractivity contribution in [1.82, 2.24) is 10.6 Å². The van der Waals surface area contributed by atoms with Crippen LogP contribution in [-0.2, 0) is 11.2 Å². The van der Waals surface area contributed by atoms with Gasteiger partial charge in [0.05, 0.1) is 5.54 Å². The minimum atomic E-state index is -0.524. The molecule has 1 atom stereocenters. The quantitative estimate of drug-likeness (QED) is 0.445. The van der Waals surface area contributed by atoms with Crippen molar-refractivity contribution in [2.75, 3.05) is 6.61 Å². The number of ketones is 1. The van der Waals surface area contributed by atoms with E-state index in [2.05, 4.69) is 56.4 Å². The summed E-state index contributed by atoms with van der Waals surface area (Å²) in [6.07, 6.45) is 2.81. The SMILES string of the molecule is C=C(CC(C)(C)C)NC(C)(C)[C@H](NC(=C)c1ccc(CCC#CCO)cc1)C(=O)CC. The molecule has 0 fully saturated rings. The van der Waals surface area contributed by atoms with Crippen LogP contribution in [0, 0.1) is 17.3 Å². The zero-order valence-corrected chi connectivity index (χ0v) is 20.2. The summed E-state index contributed by atoms with van der Waals surface area (Å²) in [6, 6.07) is 7.69. The molecule has 0 radical (unpaired) electrons.